The van der Waals surface area contributed by atoms with Crippen molar-refractivity contribution < 1.29 is 16.8 Å². The predicted molar refractivity (Wildman–Crippen MR) is 136 cm³/mol. The molecule has 0 saturated carbocycles. The number of aryl methyl sites for hydroxylation is 1. The molecule has 3 aromatic rings. The topological polar surface area (TPSA) is 92.6 Å². The van der Waals surface area contributed by atoms with Crippen LogP contribution >= 0.6 is 0 Å². The Labute approximate surface area is 208 Å². The summed E-state index contributed by atoms with van der Waals surface area (Å²) in [5, 5.41) is 4.47. The van der Waals surface area contributed by atoms with E-state index in [2.05, 4.69) is 18.9 Å². The van der Waals surface area contributed by atoms with Crippen molar-refractivity contribution in [3.63, 3.8) is 0 Å². The molecule has 1 fully saturated rings. The number of piperazine rings is 1. The van der Waals surface area contributed by atoms with E-state index in [4.69, 9.17) is 0 Å². The first-order valence-electron chi connectivity index (χ1n) is 11.8. The molecular weight excluding hydrogens is 484 g/mol. The van der Waals surface area contributed by atoms with Gasteiger partial charge in [0.2, 0.25) is 20.0 Å². The van der Waals surface area contributed by atoms with E-state index in [9.17, 15) is 16.8 Å². The first-order chi connectivity index (χ1) is 16.6. The van der Waals surface area contributed by atoms with Crippen molar-refractivity contribution in [2.75, 3.05) is 26.2 Å². The minimum Gasteiger partial charge on any atom is -0.236 e. The first-order valence-corrected chi connectivity index (χ1v) is 14.7. The van der Waals surface area contributed by atoms with Gasteiger partial charge < -0.3 is 0 Å². The summed E-state index contributed by atoms with van der Waals surface area (Å²) in [6.07, 6.45) is 0.978. The molecule has 0 spiro atoms. The third-order valence-corrected chi connectivity index (χ3v) is 10.8. The van der Waals surface area contributed by atoms with Gasteiger partial charge in [-0.25, -0.2) is 21.5 Å². The van der Waals surface area contributed by atoms with Crippen LogP contribution in [0.5, 0.6) is 0 Å². The lowest BCUT2D eigenvalue weighted by Gasteiger charge is -2.33. The van der Waals surface area contributed by atoms with Crippen LogP contribution in [0.1, 0.15) is 43.1 Å². The molecule has 2 aromatic carbocycles. The van der Waals surface area contributed by atoms with Crippen molar-refractivity contribution in [2.24, 2.45) is 0 Å². The molecule has 0 bridgehead atoms. The molecule has 1 aliphatic heterocycles. The highest BCUT2D eigenvalue weighted by Crippen LogP contribution is 2.28. The minimum atomic E-state index is -3.83. The molecule has 10 heteroatoms. The van der Waals surface area contributed by atoms with E-state index in [0.717, 1.165) is 17.7 Å². The highest BCUT2D eigenvalue weighted by atomic mass is 32.2. The zero-order valence-electron chi connectivity index (χ0n) is 20.5. The van der Waals surface area contributed by atoms with Crippen molar-refractivity contribution in [2.45, 2.75) is 49.8 Å². The van der Waals surface area contributed by atoms with Crippen molar-refractivity contribution >= 4 is 20.0 Å². The molecule has 0 amide bonds. The molecule has 8 nitrogen and oxygen atoms in total. The van der Waals surface area contributed by atoms with Crippen LogP contribution in [0.15, 0.2) is 64.4 Å². The van der Waals surface area contributed by atoms with Crippen LogP contribution in [0.2, 0.25) is 0 Å². The van der Waals surface area contributed by atoms with Crippen molar-refractivity contribution in [3.05, 3.63) is 71.5 Å². The van der Waals surface area contributed by atoms with Gasteiger partial charge in [-0.2, -0.15) is 13.7 Å². The molecule has 188 valence electrons. The lowest BCUT2D eigenvalue weighted by atomic mass is 9.99. The van der Waals surface area contributed by atoms with E-state index in [-0.39, 0.29) is 36.0 Å². The Hall–Kier alpha value is -2.53. The van der Waals surface area contributed by atoms with Crippen LogP contribution in [-0.2, 0) is 20.0 Å². The highest BCUT2D eigenvalue weighted by Gasteiger charge is 2.36. The van der Waals surface area contributed by atoms with E-state index in [1.54, 1.807) is 30.7 Å². The van der Waals surface area contributed by atoms with Crippen LogP contribution in [0.4, 0.5) is 0 Å². The number of nitrogens with zero attached hydrogens (tertiary/aromatic N) is 4. The Morgan fingerprint density at radius 1 is 0.829 bits per heavy atom. The van der Waals surface area contributed by atoms with E-state index in [1.807, 2.05) is 42.5 Å². The van der Waals surface area contributed by atoms with E-state index in [1.165, 1.54) is 8.61 Å². The molecular formula is C25H32N4O4S2. The van der Waals surface area contributed by atoms with Crippen LogP contribution in [-0.4, -0.2) is 61.4 Å². The third kappa shape index (κ3) is 4.80. The fourth-order valence-electron chi connectivity index (χ4n) is 4.45. The fraction of sp³-hybridized carbons (Fsp3) is 0.400. The van der Waals surface area contributed by atoms with Crippen molar-refractivity contribution in [1.29, 1.82) is 0 Å². The van der Waals surface area contributed by atoms with Gasteiger partial charge in [0.15, 0.2) is 0 Å². The summed E-state index contributed by atoms with van der Waals surface area (Å²) >= 11 is 0. The number of sulfonamides is 2. The van der Waals surface area contributed by atoms with E-state index >= 15 is 0 Å². The molecule has 35 heavy (non-hydrogen) atoms. The minimum absolute atomic E-state index is 0.0852. The van der Waals surface area contributed by atoms with Crippen LogP contribution < -0.4 is 0 Å². The molecule has 1 aromatic heterocycles. The summed E-state index contributed by atoms with van der Waals surface area (Å²) in [5.74, 6) is 0.360. The summed E-state index contributed by atoms with van der Waals surface area (Å²) in [5.41, 5.74) is 2.84. The molecule has 0 aliphatic carbocycles. The number of hydrogen-bond donors (Lipinski definition) is 0. The lowest BCUT2D eigenvalue weighted by molar-refractivity contribution is 0.272. The summed E-state index contributed by atoms with van der Waals surface area (Å²) < 4.78 is 57.8. The zero-order valence-corrected chi connectivity index (χ0v) is 22.2. The maximum Gasteiger partial charge on any atom is 0.246 e. The van der Waals surface area contributed by atoms with Crippen LogP contribution in [0.25, 0.3) is 5.69 Å². The Morgan fingerprint density at radius 2 is 1.37 bits per heavy atom. The van der Waals surface area contributed by atoms with Gasteiger partial charge >= 0.3 is 0 Å². The average molecular weight is 517 g/mol. The van der Waals surface area contributed by atoms with Gasteiger partial charge in [-0.3, -0.25) is 0 Å². The molecule has 2 heterocycles. The Morgan fingerprint density at radius 3 is 1.91 bits per heavy atom. The summed E-state index contributed by atoms with van der Waals surface area (Å²) in [6, 6.07) is 16.4. The lowest BCUT2D eigenvalue weighted by Crippen LogP contribution is -2.50. The van der Waals surface area contributed by atoms with Gasteiger partial charge in [0.1, 0.15) is 4.90 Å². The monoisotopic (exact) mass is 516 g/mol. The number of hydrogen-bond acceptors (Lipinski definition) is 5. The van der Waals surface area contributed by atoms with Crippen LogP contribution in [0.3, 0.4) is 0 Å². The molecule has 1 saturated heterocycles. The van der Waals surface area contributed by atoms with Crippen molar-refractivity contribution in [1.82, 2.24) is 18.4 Å². The fourth-order valence-corrected chi connectivity index (χ4v) is 7.65. The summed E-state index contributed by atoms with van der Waals surface area (Å²) in [4.78, 5) is 0.412. The number of aromatic nitrogens is 2. The third-order valence-electron chi connectivity index (χ3n) is 6.72. The SMILES string of the molecule is CCC(C)c1ccc(S(=O)(=O)N2CCN(S(=O)(=O)c3c(C)nn(-c4ccccc4)c3C)CC2)cc1. The Bertz CT molecular complexity index is 1390. The van der Waals surface area contributed by atoms with E-state index < -0.39 is 20.0 Å². The van der Waals surface area contributed by atoms with Gasteiger partial charge in [0.25, 0.3) is 0 Å². The number of para-hydroxylation sites is 1. The molecule has 0 radical (unpaired) electrons. The van der Waals surface area contributed by atoms with Gasteiger partial charge in [0.05, 0.1) is 22.0 Å². The van der Waals surface area contributed by atoms with Gasteiger partial charge in [-0.1, -0.05) is 44.2 Å². The van der Waals surface area contributed by atoms with E-state index in [0.29, 0.717) is 17.3 Å². The predicted octanol–water partition coefficient (Wildman–Crippen LogP) is 3.70. The smallest absolute Gasteiger partial charge is 0.236 e. The largest absolute Gasteiger partial charge is 0.246 e. The van der Waals surface area contributed by atoms with Crippen LogP contribution in [0, 0.1) is 13.8 Å². The maximum atomic E-state index is 13.5. The second kappa shape index (κ2) is 9.85. The highest BCUT2D eigenvalue weighted by molar-refractivity contribution is 7.89. The maximum absolute atomic E-state index is 13.5. The first kappa shape index (κ1) is 25.6. The molecule has 1 atom stereocenters. The quantitative estimate of drug-likeness (QED) is 0.478. The molecule has 4 rings (SSSR count). The van der Waals surface area contributed by atoms with Crippen molar-refractivity contribution in [3.8, 4) is 5.69 Å². The number of benzene rings is 2. The zero-order chi connectivity index (χ0) is 25.4. The standard InChI is InChI=1S/C25H32N4O4S2/c1-5-19(2)22-11-13-24(14-12-22)34(30,31)27-15-17-28(18-16-27)35(32,33)25-20(3)26-29(21(25)4)23-9-7-6-8-10-23/h6-14,19H,5,15-18H2,1-4H3. The second-order valence-electron chi connectivity index (χ2n) is 8.93. The molecule has 0 N–H and O–H groups in total. The number of rotatable bonds is 7. The second-order valence-corrected chi connectivity index (χ2v) is 12.7. The van der Waals surface area contributed by atoms with Gasteiger partial charge in [0, 0.05) is 26.2 Å². The molecule has 1 unspecified atom stereocenters. The summed E-state index contributed by atoms with van der Waals surface area (Å²) in [7, 11) is -7.53. The Kier molecular flexibility index (Phi) is 7.19. The average Bonchev–Trinajstić information content (AvgIpc) is 3.18. The van der Waals surface area contributed by atoms with Gasteiger partial charge in [-0.05, 0) is 56.0 Å². The Balaban J connectivity index is 1.52. The molecule has 1 aliphatic rings. The normalized spacial score (nSPS) is 16.9. The summed E-state index contributed by atoms with van der Waals surface area (Å²) in [6.45, 7) is 7.99. The van der Waals surface area contributed by atoms with Gasteiger partial charge in [-0.15, -0.1) is 0 Å².